The highest BCUT2D eigenvalue weighted by atomic mass is 32.2. The van der Waals surface area contributed by atoms with Crippen molar-refractivity contribution in [3.8, 4) is 11.1 Å². The van der Waals surface area contributed by atoms with Crippen LogP contribution in [-0.2, 0) is 14.8 Å². The van der Waals surface area contributed by atoms with Crippen LogP contribution in [0, 0.1) is 24.7 Å². The number of carbonyl (C=O) groups is 1. The van der Waals surface area contributed by atoms with Gasteiger partial charge in [-0.05, 0) is 105 Å². The summed E-state index contributed by atoms with van der Waals surface area (Å²) in [5.74, 6) is 1.52. The molecule has 3 N–H and O–H groups in total. The molecule has 10 heteroatoms. The summed E-state index contributed by atoms with van der Waals surface area (Å²) in [4.78, 5) is 14.0. The number of thiophene rings is 1. The highest BCUT2D eigenvalue weighted by Crippen LogP contribution is 2.56. The van der Waals surface area contributed by atoms with E-state index < -0.39 is 16.0 Å². The Morgan fingerprint density at radius 1 is 0.950 bits per heavy atom. The molecule has 0 unspecified atom stereocenters. The summed E-state index contributed by atoms with van der Waals surface area (Å²) in [7, 11) is -2.28. The van der Waals surface area contributed by atoms with Gasteiger partial charge in [0.05, 0.1) is 12.0 Å². The van der Waals surface area contributed by atoms with Crippen molar-refractivity contribution in [1.29, 1.82) is 0 Å². The Morgan fingerprint density at radius 3 is 2.12 bits per heavy atom. The highest BCUT2D eigenvalue weighted by molar-refractivity contribution is 7.89. The number of methoxy groups -OCH3 is 1. The molecule has 0 saturated heterocycles. The van der Waals surface area contributed by atoms with Crippen LogP contribution in [0.4, 0.5) is 10.7 Å². The number of carbonyl (C=O) groups excluding carboxylic acids is 1. The summed E-state index contributed by atoms with van der Waals surface area (Å²) in [5.41, 5.74) is 2.51. The number of anilines is 2. The maximum Gasteiger partial charge on any atom is 0.341 e. The maximum absolute atomic E-state index is 13.4. The van der Waals surface area contributed by atoms with E-state index in [1.807, 2.05) is 37.3 Å². The number of hydrogen-bond acceptors (Lipinski definition) is 6. The fraction of sp³-hybridized carbons (Fsp3) is 0.400. The molecular weight excluding hydrogens is 563 g/mol. The van der Waals surface area contributed by atoms with Crippen LogP contribution in [0.2, 0.25) is 0 Å². The smallest absolute Gasteiger partial charge is 0.341 e. The number of sulfonamides is 1. The second kappa shape index (κ2) is 10.6. The molecule has 4 saturated carbocycles. The fourth-order valence-electron chi connectivity index (χ4n) is 7.44. The Kier molecular flexibility index (Phi) is 7.23. The first-order valence-corrected chi connectivity index (χ1v) is 16.3. The van der Waals surface area contributed by atoms with Gasteiger partial charge >= 0.3 is 5.97 Å². The molecule has 0 atom stereocenters. The van der Waals surface area contributed by atoms with E-state index in [9.17, 15) is 13.2 Å². The van der Waals surface area contributed by atoms with Gasteiger partial charge in [0.2, 0.25) is 10.0 Å². The third kappa shape index (κ3) is 5.30. The van der Waals surface area contributed by atoms with Crippen molar-refractivity contribution in [2.24, 2.45) is 17.8 Å². The zero-order valence-electron chi connectivity index (χ0n) is 22.5. The van der Waals surface area contributed by atoms with Gasteiger partial charge in [-0.25, -0.2) is 17.9 Å². The van der Waals surface area contributed by atoms with E-state index in [4.69, 9.17) is 17.0 Å². The lowest BCUT2D eigenvalue weighted by atomic mass is 9.53. The average Bonchev–Trinajstić information content (AvgIpc) is 3.22. The van der Waals surface area contributed by atoms with Gasteiger partial charge in [0, 0.05) is 21.7 Å². The molecule has 2 aromatic carbocycles. The first-order valence-electron chi connectivity index (χ1n) is 13.6. The maximum atomic E-state index is 13.4. The van der Waals surface area contributed by atoms with Crippen molar-refractivity contribution >= 4 is 55.3 Å². The van der Waals surface area contributed by atoms with E-state index in [2.05, 4.69) is 15.4 Å². The lowest BCUT2D eigenvalue weighted by Crippen LogP contribution is -2.59. The predicted octanol–water partition coefficient (Wildman–Crippen LogP) is 6.57. The summed E-state index contributed by atoms with van der Waals surface area (Å²) in [6.07, 6.45) is 6.65. The van der Waals surface area contributed by atoms with Gasteiger partial charge in [-0.3, -0.25) is 0 Å². The van der Waals surface area contributed by atoms with Crippen molar-refractivity contribution in [2.75, 3.05) is 17.7 Å². The predicted molar refractivity (Wildman–Crippen MR) is 163 cm³/mol. The second-order valence-corrected chi connectivity index (χ2v) is 14.8. The second-order valence-electron chi connectivity index (χ2n) is 11.5. The molecule has 0 radical (unpaired) electrons. The monoisotopic (exact) mass is 595 g/mol. The zero-order chi connectivity index (χ0) is 28.1. The van der Waals surface area contributed by atoms with E-state index in [-0.39, 0.29) is 15.5 Å². The number of rotatable bonds is 7. The lowest BCUT2D eigenvalue weighted by molar-refractivity contribution is -0.00810. The van der Waals surface area contributed by atoms with Gasteiger partial charge in [-0.1, -0.05) is 30.3 Å². The third-order valence-corrected chi connectivity index (χ3v) is 11.4. The van der Waals surface area contributed by atoms with Gasteiger partial charge in [-0.15, -0.1) is 11.3 Å². The molecule has 4 bridgehead atoms. The summed E-state index contributed by atoms with van der Waals surface area (Å²) in [5, 5.41) is 7.12. The molecule has 0 spiro atoms. The normalized spacial score (nSPS) is 25.0. The molecule has 7 rings (SSSR count). The molecular formula is C30H33N3O4S3. The number of benzene rings is 2. The molecule has 1 heterocycles. The number of aryl methyl sites for hydroxylation is 1. The number of thiocarbonyl (C=S) groups is 1. The molecule has 4 aliphatic carbocycles. The van der Waals surface area contributed by atoms with Crippen LogP contribution in [0.25, 0.3) is 11.1 Å². The Morgan fingerprint density at radius 2 is 1.55 bits per heavy atom. The number of hydrogen-bond donors (Lipinski definition) is 3. The summed E-state index contributed by atoms with van der Waals surface area (Å²) in [6.45, 7) is 1.96. The van der Waals surface area contributed by atoms with E-state index in [1.165, 1.54) is 37.7 Å². The van der Waals surface area contributed by atoms with Crippen LogP contribution in [0.3, 0.4) is 0 Å². The number of ether oxygens (including phenoxy) is 1. The summed E-state index contributed by atoms with van der Waals surface area (Å²) >= 11 is 6.97. The Labute approximate surface area is 244 Å². The molecule has 7 nitrogen and oxygen atoms in total. The van der Waals surface area contributed by atoms with E-state index in [0.717, 1.165) is 35.3 Å². The Hall–Kier alpha value is -2.79. The van der Waals surface area contributed by atoms with Crippen molar-refractivity contribution in [3.63, 3.8) is 0 Å². The molecule has 0 amide bonds. The van der Waals surface area contributed by atoms with Gasteiger partial charge in [0.1, 0.15) is 10.6 Å². The van der Waals surface area contributed by atoms with Gasteiger partial charge in [-0.2, -0.15) is 0 Å². The van der Waals surface area contributed by atoms with Crippen molar-refractivity contribution in [3.05, 3.63) is 65.0 Å². The van der Waals surface area contributed by atoms with Gasteiger partial charge in [0.25, 0.3) is 0 Å². The molecule has 40 heavy (non-hydrogen) atoms. The largest absolute Gasteiger partial charge is 0.465 e. The quantitative estimate of drug-likeness (QED) is 0.210. The third-order valence-electron chi connectivity index (χ3n) is 8.57. The van der Waals surface area contributed by atoms with Crippen LogP contribution >= 0.6 is 23.6 Å². The van der Waals surface area contributed by atoms with Crippen LogP contribution in [0.15, 0.2) is 59.5 Å². The Balaban J connectivity index is 1.15. The van der Waals surface area contributed by atoms with Crippen LogP contribution < -0.4 is 15.4 Å². The van der Waals surface area contributed by atoms with E-state index in [0.29, 0.717) is 34.0 Å². The lowest BCUT2D eigenvalue weighted by Gasteiger charge is -2.56. The molecule has 0 aliphatic heterocycles. The molecule has 1 aromatic heterocycles. The zero-order valence-corrected chi connectivity index (χ0v) is 25.0. The standard InChI is InChI=1S/C30H33N3O4S3/c1-18-25(22-6-4-3-5-7-22)26(28(34)37-2)27(39-18)32-29(38)31-23-8-10-24(11-9-23)40(35,36)33-30-15-19-12-20(16-30)14-21(13-19)17-30/h3-11,19-21,33H,12-17H2,1-2H3,(H2,31,32,38). The van der Waals surface area contributed by atoms with E-state index >= 15 is 0 Å². The molecule has 4 aliphatic rings. The Bertz CT molecular complexity index is 1510. The molecule has 210 valence electrons. The van der Waals surface area contributed by atoms with Gasteiger partial charge < -0.3 is 15.4 Å². The van der Waals surface area contributed by atoms with Crippen molar-refractivity contribution < 1.29 is 17.9 Å². The fourth-order valence-corrected chi connectivity index (χ4v) is 10.2. The SMILES string of the molecule is COC(=O)c1c(NC(=S)Nc2ccc(S(=O)(=O)NC34CC5CC(CC(C5)C3)C4)cc2)sc(C)c1-c1ccccc1. The van der Waals surface area contributed by atoms with Crippen LogP contribution in [-0.4, -0.2) is 32.1 Å². The minimum Gasteiger partial charge on any atom is -0.465 e. The topological polar surface area (TPSA) is 96.5 Å². The van der Waals surface area contributed by atoms with Crippen molar-refractivity contribution in [1.82, 2.24) is 4.72 Å². The minimum absolute atomic E-state index is 0.252. The first-order chi connectivity index (χ1) is 19.1. The minimum atomic E-state index is -3.64. The average molecular weight is 596 g/mol. The first kappa shape index (κ1) is 27.4. The molecule has 3 aromatic rings. The van der Waals surface area contributed by atoms with Crippen LogP contribution in [0.5, 0.6) is 0 Å². The summed E-state index contributed by atoms with van der Waals surface area (Å²) < 4.78 is 34.9. The van der Waals surface area contributed by atoms with Crippen LogP contribution in [0.1, 0.15) is 53.8 Å². The number of nitrogens with one attached hydrogen (secondary N) is 3. The van der Waals surface area contributed by atoms with Gasteiger partial charge in [0.15, 0.2) is 5.11 Å². The number of esters is 1. The summed E-state index contributed by atoms with van der Waals surface area (Å²) in [6, 6.07) is 16.3. The van der Waals surface area contributed by atoms with E-state index in [1.54, 1.807) is 24.3 Å². The van der Waals surface area contributed by atoms with Crippen molar-refractivity contribution in [2.45, 2.75) is 55.9 Å². The molecule has 4 fully saturated rings. The highest BCUT2D eigenvalue weighted by Gasteiger charge is 2.52.